The van der Waals surface area contributed by atoms with E-state index in [0.29, 0.717) is 6.04 Å². The maximum Gasteiger partial charge on any atom is 0.303 e. The summed E-state index contributed by atoms with van der Waals surface area (Å²) < 4.78 is 0. The lowest BCUT2D eigenvalue weighted by atomic mass is 10.1. The minimum atomic E-state index is -1.08. The van der Waals surface area contributed by atoms with Crippen molar-refractivity contribution in [1.82, 2.24) is 9.88 Å². The van der Waals surface area contributed by atoms with Gasteiger partial charge in [-0.1, -0.05) is 25.4 Å². The molecule has 0 fully saturated rings. The quantitative estimate of drug-likeness (QED) is 0.466. The van der Waals surface area contributed by atoms with E-state index in [4.69, 9.17) is 21.8 Å². The maximum atomic E-state index is 9.64. The van der Waals surface area contributed by atoms with Crippen LogP contribution in [0.25, 0.3) is 10.9 Å². The second kappa shape index (κ2) is 13.8. The van der Waals surface area contributed by atoms with Crippen molar-refractivity contribution in [1.29, 1.82) is 0 Å². The normalized spacial score (nSPS) is 11.6. The molecule has 0 saturated heterocycles. The molecule has 0 spiro atoms. The third-order valence-electron chi connectivity index (χ3n) is 4.67. The van der Waals surface area contributed by atoms with Gasteiger partial charge in [-0.05, 0) is 63.7 Å². The van der Waals surface area contributed by atoms with Crippen LogP contribution < -0.4 is 5.32 Å². The zero-order valence-corrected chi connectivity index (χ0v) is 18.7. The Balaban J connectivity index is 0.000000479. The van der Waals surface area contributed by atoms with Crippen LogP contribution in [0, 0.1) is 0 Å². The first-order chi connectivity index (χ1) is 14.3. The summed E-state index contributed by atoms with van der Waals surface area (Å²) in [5, 5.41) is 21.3. The Hall–Kier alpha value is -2.38. The Kier molecular flexibility index (Phi) is 11.8. The first-order valence-electron chi connectivity index (χ1n) is 10.2. The molecule has 0 aliphatic rings. The molecule has 3 N–H and O–H groups in total. The highest BCUT2D eigenvalue weighted by Gasteiger charge is 2.07. The monoisotopic (exact) mass is 437 g/mol. The minimum absolute atomic E-state index is 0.296. The van der Waals surface area contributed by atoms with E-state index in [-0.39, 0.29) is 12.8 Å². The van der Waals surface area contributed by atoms with Crippen LogP contribution in [0.2, 0.25) is 5.02 Å². The fourth-order valence-corrected chi connectivity index (χ4v) is 3.13. The van der Waals surface area contributed by atoms with Gasteiger partial charge in [-0.25, -0.2) is 0 Å². The van der Waals surface area contributed by atoms with E-state index < -0.39 is 11.9 Å². The van der Waals surface area contributed by atoms with Crippen molar-refractivity contribution in [2.45, 2.75) is 52.5 Å². The average Bonchev–Trinajstić information content (AvgIpc) is 2.70. The highest BCUT2D eigenvalue weighted by molar-refractivity contribution is 6.31. The van der Waals surface area contributed by atoms with Gasteiger partial charge in [0.05, 0.1) is 18.4 Å². The van der Waals surface area contributed by atoms with E-state index in [1.165, 1.54) is 13.0 Å². The molecular weight excluding hydrogens is 406 g/mol. The maximum absolute atomic E-state index is 9.64. The predicted molar refractivity (Wildman–Crippen MR) is 121 cm³/mol. The Morgan fingerprint density at radius 3 is 2.33 bits per heavy atom. The number of hydrogen-bond acceptors (Lipinski definition) is 5. The van der Waals surface area contributed by atoms with Crippen molar-refractivity contribution >= 4 is 40.1 Å². The third kappa shape index (κ3) is 9.89. The van der Waals surface area contributed by atoms with Gasteiger partial charge in [-0.2, -0.15) is 0 Å². The molecule has 0 saturated carbocycles. The average molecular weight is 438 g/mol. The zero-order valence-electron chi connectivity index (χ0n) is 17.9. The van der Waals surface area contributed by atoms with E-state index in [1.807, 2.05) is 30.5 Å². The van der Waals surface area contributed by atoms with Crippen LogP contribution in [0.5, 0.6) is 0 Å². The van der Waals surface area contributed by atoms with E-state index in [9.17, 15) is 9.59 Å². The molecule has 1 heterocycles. The van der Waals surface area contributed by atoms with Gasteiger partial charge in [0, 0.05) is 28.3 Å². The van der Waals surface area contributed by atoms with Crippen molar-refractivity contribution in [3.8, 4) is 0 Å². The second-order valence-corrected chi connectivity index (χ2v) is 7.46. The number of benzene rings is 1. The molecule has 0 amide bonds. The lowest BCUT2D eigenvalue weighted by molar-refractivity contribution is -0.143. The molecule has 8 heteroatoms. The first kappa shape index (κ1) is 25.7. The van der Waals surface area contributed by atoms with E-state index >= 15 is 0 Å². The van der Waals surface area contributed by atoms with E-state index in [1.54, 1.807) is 0 Å². The molecule has 0 radical (unpaired) electrons. The molecule has 2 rings (SSSR count). The number of carboxylic acid groups (broad SMARTS) is 2. The predicted octanol–water partition coefficient (Wildman–Crippen LogP) is 4.75. The fourth-order valence-electron chi connectivity index (χ4n) is 2.96. The van der Waals surface area contributed by atoms with Crippen LogP contribution in [0.4, 0.5) is 5.69 Å². The number of carbonyl (C=O) groups is 2. The van der Waals surface area contributed by atoms with Gasteiger partial charge in [-0.15, -0.1) is 0 Å². The fraction of sp³-hybridized carbons (Fsp3) is 0.500. The van der Waals surface area contributed by atoms with Crippen LogP contribution in [-0.4, -0.2) is 57.7 Å². The number of halogens is 1. The number of anilines is 1. The highest BCUT2D eigenvalue weighted by Crippen LogP contribution is 2.25. The van der Waals surface area contributed by atoms with E-state index in [0.717, 1.165) is 41.1 Å². The molecule has 0 bridgehead atoms. The van der Waals surface area contributed by atoms with Gasteiger partial charge < -0.3 is 20.4 Å². The number of hydrogen-bond donors (Lipinski definition) is 3. The number of aliphatic carboxylic acids is 2. The molecule has 166 valence electrons. The number of aromatic nitrogens is 1. The van der Waals surface area contributed by atoms with Gasteiger partial charge in [0.2, 0.25) is 0 Å². The van der Waals surface area contributed by atoms with Gasteiger partial charge in [0.25, 0.3) is 0 Å². The summed E-state index contributed by atoms with van der Waals surface area (Å²) in [5.41, 5.74) is 2.07. The van der Waals surface area contributed by atoms with Crippen LogP contribution in [0.15, 0.2) is 30.5 Å². The van der Waals surface area contributed by atoms with Crippen molar-refractivity contribution in [3.63, 3.8) is 0 Å². The first-order valence-corrected chi connectivity index (χ1v) is 10.6. The van der Waals surface area contributed by atoms with Crippen molar-refractivity contribution in [2.24, 2.45) is 0 Å². The summed E-state index contributed by atoms with van der Waals surface area (Å²) in [6.07, 6.45) is 3.62. The Morgan fingerprint density at radius 2 is 1.77 bits per heavy atom. The number of nitrogens with one attached hydrogen (secondary N) is 1. The van der Waals surface area contributed by atoms with Gasteiger partial charge in [0.1, 0.15) is 0 Å². The molecule has 0 aliphatic heterocycles. The Labute approximate surface area is 183 Å². The molecule has 1 atom stereocenters. The van der Waals surface area contributed by atoms with Crippen molar-refractivity contribution < 1.29 is 19.8 Å². The number of carboxylic acids is 2. The van der Waals surface area contributed by atoms with Gasteiger partial charge in [-0.3, -0.25) is 14.6 Å². The summed E-state index contributed by atoms with van der Waals surface area (Å²) in [4.78, 5) is 26.1. The van der Waals surface area contributed by atoms with Crippen LogP contribution >= 0.6 is 11.6 Å². The van der Waals surface area contributed by atoms with E-state index in [2.05, 4.69) is 36.0 Å². The molecule has 1 aromatic carbocycles. The van der Waals surface area contributed by atoms with Gasteiger partial charge >= 0.3 is 11.9 Å². The Bertz CT molecular complexity index is 798. The summed E-state index contributed by atoms with van der Waals surface area (Å²) in [6, 6.07) is 8.35. The zero-order chi connectivity index (χ0) is 22.5. The largest absolute Gasteiger partial charge is 0.481 e. The standard InChI is InChI=1S/C18H26ClN3.C4H6O4/c1-4-22(5-2)12-6-7-14(3)21-17-10-11-20-18-13-15(19)8-9-16(17)18;5-3(6)1-2-4(7)8/h8-11,13-14H,4-7,12H2,1-3H3,(H,20,21);1-2H2,(H,5,6)(H,7,8). The molecule has 30 heavy (non-hydrogen) atoms. The summed E-state index contributed by atoms with van der Waals surface area (Å²) >= 11 is 6.04. The molecular formula is C22H32ClN3O4. The van der Waals surface area contributed by atoms with Crippen LogP contribution in [-0.2, 0) is 9.59 Å². The molecule has 1 aromatic heterocycles. The lowest BCUT2D eigenvalue weighted by Gasteiger charge is -2.20. The molecule has 7 nitrogen and oxygen atoms in total. The summed E-state index contributed by atoms with van der Waals surface area (Å²) in [6.45, 7) is 10.1. The smallest absolute Gasteiger partial charge is 0.303 e. The topological polar surface area (TPSA) is 103 Å². The number of rotatable bonds is 11. The molecule has 1 unspecified atom stereocenters. The lowest BCUT2D eigenvalue weighted by Crippen LogP contribution is -2.25. The minimum Gasteiger partial charge on any atom is -0.481 e. The number of fused-ring (bicyclic) bond motifs is 1. The second-order valence-electron chi connectivity index (χ2n) is 7.02. The third-order valence-corrected chi connectivity index (χ3v) is 4.90. The summed E-state index contributed by atoms with van der Waals surface area (Å²) in [7, 11) is 0. The van der Waals surface area contributed by atoms with Crippen molar-refractivity contribution in [2.75, 3.05) is 25.0 Å². The van der Waals surface area contributed by atoms with Crippen LogP contribution in [0.1, 0.15) is 46.5 Å². The van der Waals surface area contributed by atoms with Gasteiger partial charge in [0.15, 0.2) is 0 Å². The number of nitrogens with zero attached hydrogens (tertiary/aromatic N) is 2. The molecule has 0 aliphatic carbocycles. The Morgan fingerprint density at radius 1 is 1.13 bits per heavy atom. The SMILES string of the molecule is CCN(CC)CCCC(C)Nc1ccnc2cc(Cl)ccc12.O=C(O)CCC(=O)O. The number of pyridine rings is 1. The molecule has 2 aromatic rings. The summed E-state index contributed by atoms with van der Waals surface area (Å²) in [5.74, 6) is -2.15. The van der Waals surface area contributed by atoms with Crippen molar-refractivity contribution in [3.05, 3.63) is 35.5 Å². The highest BCUT2D eigenvalue weighted by atomic mass is 35.5. The van der Waals surface area contributed by atoms with Crippen LogP contribution in [0.3, 0.4) is 0 Å².